The van der Waals surface area contributed by atoms with Crippen LogP contribution in [0.5, 0.6) is 0 Å². The molecule has 0 bridgehead atoms. The van der Waals surface area contributed by atoms with Gasteiger partial charge in [-0.15, -0.1) is 0 Å². The summed E-state index contributed by atoms with van der Waals surface area (Å²) >= 11 is 0. The molecule has 4 aromatic rings. The molecule has 1 fully saturated rings. The van der Waals surface area contributed by atoms with Crippen molar-refractivity contribution in [2.75, 3.05) is 12.4 Å². The Bertz CT molecular complexity index is 1460. The van der Waals surface area contributed by atoms with Gasteiger partial charge in [-0.3, -0.25) is 9.78 Å². The zero-order valence-electron chi connectivity index (χ0n) is 20.3. The number of benzene rings is 1. The van der Waals surface area contributed by atoms with Crippen molar-refractivity contribution in [2.45, 2.75) is 37.8 Å². The van der Waals surface area contributed by atoms with Gasteiger partial charge in [0.05, 0.1) is 17.3 Å². The number of halogens is 3. The lowest BCUT2D eigenvalue weighted by molar-refractivity contribution is 0.0693. The summed E-state index contributed by atoms with van der Waals surface area (Å²) in [5.41, 5.74) is 0.476. The second-order valence-electron chi connectivity index (χ2n) is 8.76. The largest absolute Gasteiger partial charge is 0.478 e. The molecule has 1 saturated carbocycles. The van der Waals surface area contributed by atoms with Crippen LogP contribution in [-0.2, 0) is 0 Å². The molecule has 38 heavy (non-hydrogen) atoms. The molecule has 1 aliphatic rings. The monoisotopic (exact) mass is 526 g/mol. The normalized spacial score (nSPS) is 16.9. The molecule has 198 valence electrons. The van der Waals surface area contributed by atoms with Gasteiger partial charge in [-0.25, -0.2) is 27.9 Å². The van der Waals surface area contributed by atoms with Crippen LogP contribution in [0.25, 0.3) is 22.3 Å². The number of hydrogen-bond donors (Lipinski definition) is 4. The highest BCUT2D eigenvalue weighted by Crippen LogP contribution is 2.30. The van der Waals surface area contributed by atoms with E-state index in [4.69, 9.17) is 5.11 Å². The van der Waals surface area contributed by atoms with E-state index in [-0.39, 0.29) is 34.5 Å². The lowest BCUT2D eigenvalue weighted by atomic mass is 9.91. The van der Waals surface area contributed by atoms with Gasteiger partial charge in [0.1, 0.15) is 17.3 Å². The van der Waals surface area contributed by atoms with Gasteiger partial charge in [0.2, 0.25) is 0 Å². The molecule has 1 aromatic carbocycles. The molecule has 0 unspecified atom stereocenters. The molecule has 12 heteroatoms. The number of hydrogen-bond acceptors (Lipinski definition) is 7. The van der Waals surface area contributed by atoms with Gasteiger partial charge in [0.25, 0.3) is 0 Å². The Labute approximate surface area is 215 Å². The molecule has 5 rings (SSSR count). The first-order chi connectivity index (χ1) is 18.3. The second-order valence-corrected chi connectivity index (χ2v) is 8.76. The topological polar surface area (TPSA) is 133 Å². The van der Waals surface area contributed by atoms with Crippen molar-refractivity contribution in [3.63, 3.8) is 0 Å². The van der Waals surface area contributed by atoms with Crippen LogP contribution in [-0.4, -0.2) is 56.4 Å². The number of carboxylic acid groups (broad SMARTS) is 1. The van der Waals surface area contributed by atoms with E-state index in [1.807, 2.05) is 7.05 Å². The van der Waals surface area contributed by atoms with Crippen molar-refractivity contribution in [3.05, 3.63) is 71.6 Å². The number of rotatable bonds is 6. The fraction of sp³-hybridized carbons (Fsp3) is 0.269. The van der Waals surface area contributed by atoms with E-state index < -0.39 is 23.4 Å². The van der Waals surface area contributed by atoms with Crippen LogP contribution in [0.15, 0.2) is 42.9 Å². The van der Waals surface area contributed by atoms with E-state index in [0.717, 1.165) is 37.9 Å². The summed E-state index contributed by atoms with van der Waals surface area (Å²) in [6.45, 7) is 0. The highest BCUT2D eigenvalue weighted by atomic mass is 19.1. The average molecular weight is 527 g/mol. The maximum Gasteiger partial charge on any atom is 0.338 e. The Hall–Kier alpha value is -4.32. The van der Waals surface area contributed by atoms with Crippen LogP contribution in [0.3, 0.4) is 0 Å². The SMILES string of the molecule is CN[C@@H]1CCC[C@H](Nc2nc(-c3c[nH]c4c(F)cc(F)cc34)ncc2F)C1.O=Cc1ncccc1C(=O)O. The lowest BCUT2D eigenvalue weighted by Crippen LogP contribution is -2.37. The fourth-order valence-electron chi connectivity index (χ4n) is 4.41. The van der Waals surface area contributed by atoms with Crippen molar-refractivity contribution < 1.29 is 27.9 Å². The number of fused-ring (bicyclic) bond motifs is 1. The zero-order valence-corrected chi connectivity index (χ0v) is 20.3. The van der Waals surface area contributed by atoms with Crippen LogP contribution in [0, 0.1) is 17.5 Å². The molecule has 0 aliphatic heterocycles. The van der Waals surface area contributed by atoms with E-state index in [1.54, 1.807) is 0 Å². The zero-order chi connectivity index (χ0) is 27.2. The number of aldehydes is 1. The molecule has 4 N–H and O–H groups in total. The third-order valence-electron chi connectivity index (χ3n) is 6.29. The summed E-state index contributed by atoms with van der Waals surface area (Å²) < 4.78 is 41.8. The third kappa shape index (κ3) is 5.97. The Kier molecular flexibility index (Phi) is 8.31. The molecule has 0 spiro atoms. The first-order valence-electron chi connectivity index (χ1n) is 11.9. The number of aromatic nitrogens is 4. The Morgan fingerprint density at radius 1 is 1.16 bits per heavy atom. The second kappa shape index (κ2) is 11.8. The summed E-state index contributed by atoms with van der Waals surface area (Å²) in [7, 11) is 1.92. The van der Waals surface area contributed by atoms with Gasteiger partial charge in [-0.2, -0.15) is 0 Å². The van der Waals surface area contributed by atoms with Crippen LogP contribution in [0.2, 0.25) is 0 Å². The van der Waals surface area contributed by atoms with Crippen molar-refractivity contribution in [1.82, 2.24) is 25.3 Å². The van der Waals surface area contributed by atoms with Gasteiger partial charge in [-0.05, 0) is 50.9 Å². The van der Waals surface area contributed by atoms with Crippen LogP contribution in [0.4, 0.5) is 19.0 Å². The number of anilines is 1. The average Bonchev–Trinajstić information content (AvgIpc) is 3.34. The summed E-state index contributed by atoms with van der Waals surface area (Å²) in [6.07, 6.45) is 8.32. The summed E-state index contributed by atoms with van der Waals surface area (Å²) in [5, 5.41) is 15.2. The molecule has 0 amide bonds. The lowest BCUT2D eigenvalue weighted by Gasteiger charge is -2.29. The summed E-state index contributed by atoms with van der Waals surface area (Å²) in [4.78, 5) is 35.2. The van der Waals surface area contributed by atoms with E-state index in [1.165, 1.54) is 30.6 Å². The van der Waals surface area contributed by atoms with E-state index in [9.17, 15) is 22.8 Å². The van der Waals surface area contributed by atoms with Crippen LogP contribution in [0.1, 0.15) is 46.5 Å². The minimum absolute atomic E-state index is 0.0417. The Morgan fingerprint density at radius 2 is 1.95 bits per heavy atom. The van der Waals surface area contributed by atoms with E-state index in [2.05, 4.69) is 30.6 Å². The van der Waals surface area contributed by atoms with Crippen molar-refractivity contribution in [1.29, 1.82) is 0 Å². The standard InChI is InChI=1S/C19H20F3N5.C7H5NO3/c1-23-11-3-2-4-12(7-11)26-19-16(22)9-25-18(27-19)14-8-24-17-13(14)5-10(20)6-15(17)21;9-4-6-5(7(10)11)2-1-3-8-6/h5-6,8-9,11-12,23-24H,2-4,7H2,1H3,(H,25,26,27);1-4H,(H,10,11)/t11-,12+;/m1./s1. The van der Waals surface area contributed by atoms with Crippen molar-refractivity contribution in [2.24, 2.45) is 0 Å². The number of aromatic carboxylic acids is 1. The minimum atomic E-state index is -1.14. The number of carboxylic acids is 1. The van der Waals surface area contributed by atoms with Gasteiger partial charge >= 0.3 is 5.97 Å². The molecular formula is C26H25F3N6O3. The predicted molar refractivity (Wildman–Crippen MR) is 135 cm³/mol. The van der Waals surface area contributed by atoms with Gasteiger partial charge in [0.15, 0.2) is 23.7 Å². The molecule has 9 nitrogen and oxygen atoms in total. The quantitative estimate of drug-likeness (QED) is 0.269. The van der Waals surface area contributed by atoms with Crippen molar-refractivity contribution >= 4 is 29.0 Å². The number of carbonyl (C=O) groups is 2. The van der Waals surface area contributed by atoms with Gasteiger partial charge in [0, 0.05) is 41.5 Å². The molecule has 1 aliphatic carbocycles. The maximum atomic E-state index is 14.3. The Morgan fingerprint density at radius 3 is 2.66 bits per heavy atom. The highest BCUT2D eigenvalue weighted by Gasteiger charge is 2.23. The van der Waals surface area contributed by atoms with Gasteiger partial charge in [-0.1, -0.05) is 0 Å². The minimum Gasteiger partial charge on any atom is -0.478 e. The van der Waals surface area contributed by atoms with Crippen molar-refractivity contribution in [3.8, 4) is 11.4 Å². The number of nitrogens with one attached hydrogen (secondary N) is 3. The van der Waals surface area contributed by atoms with Crippen LogP contribution >= 0.6 is 0 Å². The maximum absolute atomic E-state index is 14.3. The molecular weight excluding hydrogens is 501 g/mol. The van der Waals surface area contributed by atoms with E-state index >= 15 is 0 Å². The van der Waals surface area contributed by atoms with E-state index in [0.29, 0.717) is 23.3 Å². The van der Waals surface area contributed by atoms with Crippen LogP contribution < -0.4 is 10.6 Å². The molecule has 3 aromatic heterocycles. The molecule has 0 radical (unpaired) electrons. The molecule has 0 saturated heterocycles. The summed E-state index contributed by atoms with van der Waals surface area (Å²) in [6, 6.07) is 5.31. The Balaban J connectivity index is 0.000000257. The fourth-order valence-corrected chi connectivity index (χ4v) is 4.41. The number of nitrogens with zero attached hydrogens (tertiary/aromatic N) is 3. The number of aromatic amines is 1. The smallest absolute Gasteiger partial charge is 0.338 e. The molecule has 2 atom stereocenters. The van der Waals surface area contributed by atoms with Gasteiger partial charge < -0.3 is 20.7 Å². The highest BCUT2D eigenvalue weighted by molar-refractivity contribution is 5.95. The predicted octanol–water partition coefficient (Wildman–Crippen LogP) is 4.58. The number of carbonyl (C=O) groups excluding carboxylic acids is 1. The number of H-pyrrole nitrogens is 1. The first kappa shape index (κ1) is 26.7. The third-order valence-corrected chi connectivity index (χ3v) is 6.29. The molecule has 3 heterocycles. The number of pyridine rings is 1. The first-order valence-corrected chi connectivity index (χ1v) is 11.9. The summed E-state index contributed by atoms with van der Waals surface area (Å²) in [5.74, 6) is -2.77.